The fourth-order valence-electron chi connectivity index (χ4n) is 2.75. The van der Waals surface area contributed by atoms with Crippen LogP contribution in [0.25, 0.3) is 11.0 Å². The van der Waals surface area contributed by atoms with Gasteiger partial charge in [0.25, 0.3) is 0 Å². The van der Waals surface area contributed by atoms with Crippen molar-refractivity contribution in [1.29, 1.82) is 0 Å². The van der Waals surface area contributed by atoms with Gasteiger partial charge in [-0.1, -0.05) is 0 Å². The Hall–Kier alpha value is -1.95. The number of imidazole rings is 1. The van der Waals surface area contributed by atoms with E-state index in [0.717, 1.165) is 42.9 Å². The maximum atomic E-state index is 5.32. The number of likely N-dealkylation sites (tertiary alicyclic amines) is 1. The average molecular weight is 290 g/mol. The standard InChI is InChI=1S/C15H22N4O2/c1-19-6-4-10(5-7-19)16-15-17-11-8-13(20-2)14(21-3)9-12(11)18-15/h8-10H,4-7H2,1-3H3,(H2,16,17,18). The normalized spacial score (nSPS) is 17.1. The lowest BCUT2D eigenvalue weighted by Gasteiger charge is -2.29. The molecule has 1 aliphatic heterocycles. The molecule has 0 bridgehead atoms. The molecule has 0 spiro atoms. The van der Waals surface area contributed by atoms with E-state index >= 15 is 0 Å². The third kappa shape index (κ3) is 2.90. The SMILES string of the molecule is COc1cc2nc(NC3CCN(C)CC3)[nH]c2cc1OC. The highest BCUT2D eigenvalue weighted by Gasteiger charge is 2.18. The van der Waals surface area contributed by atoms with Crippen molar-refractivity contribution in [3.8, 4) is 11.5 Å². The summed E-state index contributed by atoms with van der Waals surface area (Å²) in [5, 5.41) is 3.49. The van der Waals surface area contributed by atoms with Gasteiger partial charge in [-0.15, -0.1) is 0 Å². The molecule has 0 radical (unpaired) electrons. The Morgan fingerprint density at radius 2 is 1.86 bits per heavy atom. The molecule has 1 saturated heterocycles. The van der Waals surface area contributed by atoms with E-state index in [-0.39, 0.29) is 0 Å². The number of aromatic amines is 1. The van der Waals surface area contributed by atoms with E-state index in [1.54, 1.807) is 14.2 Å². The summed E-state index contributed by atoms with van der Waals surface area (Å²) in [5.74, 6) is 2.22. The Kier molecular flexibility index (Phi) is 3.88. The van der Waals surface area contributed by atoms with Crippen LogP contribution >= 0.6 is 0 Å². The molecule has 0 atom stereocenters. The second-order valence-electron chi connectivity index (χ2n) is 5.53. The molecule has 6 heteroatoms. The second-order valence-corrected chi connectivity index (χ2v) is 5.53. The summed E-state index contributed by atoms with van der Waals surface area (Å²) < 4.78 is 10.6. The molecule has 0 amide bonds. The third-order valence-electron chi connectivity index (χ3n) is 4.05. The minimum atomic E-state index is 0.477. The van der Waals surface area contributed by atoms with Gasteiger partial charge in [0, 0.05) is 18.2 Å². The van der Waals surface area contributed by atoms with Crippen LogP contribution in [0.2, 0.25) is 0 Å². The maximum Gasteiger partial charge on any atom is 0.201 e. The molecule has 1 aromatic carbocycles. The quantitative estimate of drug-likeness (QED) is 0.903. The van der Waals surface area contributed by atoms with Gasteiger partial charge in [-0.05, 0) is 33.0 Å². The Bertz CT molecular complexity index is 576. The van der Waals surface area contributed by atoms with Crippen molar-refractivity contribution in [2.75, 3.05) is 39.7 Å². The number of methoxy groups -OCH3 is 2. The number of fused-ring (bicyclic) bond motifs is 1. The van der Waals surface area contributed by atoms with Crippen LogP contribution in [-0.2, 0) is 0 Å². The molecule has 0 aliphatic carbocycles. The van der Waals surface area contributed by atoms with Crippen molar-refractivity contribution in [1.82, 2.24) is 14.9 Å². The highest BCUT2D eigenvalue weighted by atomic mass is 16.5. The summed E-state index contributed by atoms with van der Waals surface area (Å²) in [6.45, 7) is 2.25. The van der Waals surface area contributed by atoms with E-state index in [0.29, 0.717) is 17.5 Å². The van der Waals surface area contributed by atoms with Gasteiger partial charge in [0.15, 0.2) is 11.5 Å². The number of benzene rings is 1. The van der Waals surface area contributed by atoms with Crippen LogP contribution in [0.4, 0.5) is 5.95 Å². The molecule has 6 nitrogen and oxygen atoms in total. The summed E-state index contributed by atoms with van der Waals surface area (Å²) in [5.41, 5.74) is 1.83. The summed E-state index contributed by atoms with van der Waals surface area (Å²) >= 11 is 0. The number of nitrogens with zero attached hydrogens (tertiary/aromatic N) is 2. The van der Waals surface area contributed by atoms with Gasteiger partial charge in [-0.25, -0.2) is 4.98 Å². The zero-order chi connectivity index (χ0) is 14.8. The Morgan fingerprint density at radius 3 is 2.52 bits per heavy atom. The lowest BCUT2D eigenvalue weighted by molar-refractivity contribution is 0.263. The Morgan fingerprint density at radius 1 is 1.19 bits per heavy atom. The number of anilines is 1. The summed E-state index contributed by atoms with van der Waals surface area (Å²) in [6.07, 6.45) is 2.28. The molecule has 1 fully saturated rings. The van der Waals surface area contributed by atoms with Crippen LogP contribution in [0.3, 0.4) is 0 Å². The van der Waals surface area contributed by atoms with Gasteiger partial charge >= 0.3 is 0 Å². The van der Waals surface area contributed by atoms with Crippen molar-refractivity contribution in [3.63, 3.8) is 0 Å². The number of nitrogens with one attached hydrogen (secondary N) is 2. The number of H-pyrrole nitrogens is 1. The molecule has 3 rings (SSSR count). The topological polar surface area (TPSA) is 62.4 Å². The van der Waals surface area contributed by atoms with Crippen molar-refractivity contribution < 1.29 is 9.47 Å². The Labute approximate surface area is 124 Å². The highest BCUT2D eigenvalue weighted by Crippen LogP contribution is 2.31. The summed E-state index contributed by atoms with van der Waals surface area (Å²) in [4.78, 5) is 10.3. The predicted octanol–water partition coefficient (Wildman–Crippen LogP) is 2.09. The number of piperidine rings is 1. The lowest BCUT2D eigenvalue weighted by atomic mass is 10.1. The smallest absolute Gasteiger partial charge is 0.201 e. The average Bonchev–Trinajstić information content (AvgIpc) is 2.89. The molecule has 21 heavy (non-hydrogen) atoms. The summed E-state index contributed by atoms with van der Waals surface area (Å²) in [6, 6.07) is 4.29. The van der Waals surface area contributed by atoms with Crippen molar-refractivity contribution in [3.05, 3.63) is 12.1 Å². The van der Waals surface area contributed by atoms with Crippen LogP contribution in [0.15, 0.2) is 12.1 Å². The van der Waals surface area contributed by atoms with E-state index < -0.39 is 0 Å². The molecule has 1 aromatic heterocycles. The molecule has 0 unspecified atom stereocenters. The third-order valence-corrected chi connectivity index (χ3v) is 4.05. The number of ether oxygens (including phenoxy) is 2. The van der Waals surface area contributed by atoms with Gasteiger partial charge < -0.3 is 24.7 Å². The molecule has 2 aromatic rings. The van der Waals surface area contributed by atoms with Crippen LogP contribution in [0, 0.1) is 0 Å². The van der Waals surface area contributed by atoms with E-state index in [4.69, 9.17) is 9.47 Å². The number of rotatable bonds is 4. The van der Waals surface area contributed by atoms with Crippen LogP contribution in [0.1, 0.15) is 12.8 Å². The lowest BCUT2D eigenvalue weighted by Crippen LogP contribution is -2.36. The highest BCUT2D eigenvalue weighted by molar-refractivity contribution is 5.81. The van der Waals surface area contributed by atoms with E-state index in [1.807, 2.05) is 12.1 Å². The second kappa shape index (κ2) is 5.81. The fourth-order valence-corrected chi connectivity index (χ4v) is 2.75. The first-order valence-corrected chi connectivity index (χ1v) is 7.26. The van der Waals surface area contributed by atoms with E-state index in [9.17, 15) is 0 Å². The van der Waals surface area contributed by atoms with E-state index in [1.165, 1.54) is 0 Å². The monoisotopic (exact) mass is 290 g/mol. The Balaban J connectivity index is 1.80. The van der Waals surface area contributed by atoms with Gasteiger partial charge in [0.1, 0.15) is 0 Å². The fraction of sp³-hybridized carbons (Fsp3) is 0.533. The molecule has 2 N–H and O–H groups in total. The van der Waals surface area contributed by atoms with E-state index in [2.05, 4.69) is 27.2 Å². The van der Waals surface area contributed by atoms with Crippen molar-refractivity contribution in [2.45, 2.75) is 18.9 Å². The largest absolute Gasteiger partial charge is 0.493 e. The molecular formula is C15H22N4O2. The first kappa shape index (κ1) is 14.0. The van der Waals surface area contributed by atoms with Crippen LogP contribution in [-0.4, -0.2) is 55.3 Å². The van der Waals surface area contributed by atoms with Crippen LogP contribution < -0.4 is 14.8 Å². The molecular weight excluding hydrogens is 268 g/mol. The van der Waals surface area contributed by atoms with Gasteiger partial charge in [-0.3, -0.25) is 0 Å². The zero-order valence-electron chi connectivity index (χ0n) is 12.8. The minimum Gasteiger partial charge on any atom is -0.493 e. The van der Waals surface area contributed by atoms with Gasteiger partial charge in [-0.2, -0.15) is 0 Å². The number of hydrogen-bond acceptors (Lipinski definition) is 5. The van der Waals surface area contributed by atoms with Gasteiger partial charge in [0.05, 0.1) is 25.3 Å². The first-order chi connectivity index (χ1) is 10.2. The maximum absolute atomic E-state index is 5.32. The molecule has 114 valence electrons. The van der Waals surface area contributed by atoms with Gasteiger partial charge in [0.2, 0.25) is 5.95 Å². The predicted molar refractivity (Wildman–Crippen MR) is 83.3 cm³/mol. The molecule has 2 heterocycles. The molecule has 1 aliphatic rings. The first-order valence-electron chi connectivity index (χ1n) is 7.26. The molecule has 0 saturated carbocycles. The number of aromatic nitrogens is 2. The summed E-state index contributed by atoms with van der Waals surface area (Å²) in [7, 11) is 5.43. The van der Waals surface area contributed by atoms with Crippen LogP contribution in [0.5, 0.6) is 11.5 Å². The van der Waals surface area contributed by atoms with Crippen molar-refractivity contribution >= 4 is 17.0 Å². The van der Waals surface area contributed by atoms with Crippen molar-refractivity contribution in [2.24, 2.45) is 0 Å². The number of hydrogen-bond donors (Lipinski definition) is 2. The minimum absolute atomic E-state index is 0.477. The zero-order valence-corrected chi connectivity index (χ0v) is 12.8.